The van der Waals surface area contributed by atoms with E-state index in [1.165, 1.54) is 4.90 Å². The third kappa shape index (κ3) is 1.90. The normalized spacial score (nSPS) is 24.0. The van der Waals surface area contributed by atoms with Crippen molar-refractivity contribution in [2.45, 2.75) is 32.4 Å². The maximum Gasteiger partial charge on any atom is 0.418 e. The van der Waals surface area contributed by atoms with Crippen LogP contribution in [0.25, 0.3) is 0 Å². The highest BCUT2D eigenvalue weighted by molar-refractivity contribution is 5.98. The zero-order valence-corrected chi connectivity index (χ0v) is 9.97. The van der Waals surface area contributed by atoms with E-state index in [0.29, 0.717) is 13.0 Å². The van der Waals surface area contributed by atoms with E-state index in [2.05, 4.69) is 0 Å². The summed E-state index contributed by atoms with van der Waals surface area (Å²) in [5, 5.41) is 0. The maximum atomic E-state index is 11.7. The number of benzene rings is 1. The summed E-state index contributed by atoms with van der Waals surface area (Å²) in [5.74, 6) is -0.457. The van der Waals surface area contributed by atoms with Crippen molar-refractivity contribution >= 4 is 12.1 Å². The summed E-state index contributed by atoms with van der Waals surface area (Å²) in [4.78, 5) is 24.8. The van der Waals surface area contributed by atoms with Crippen LogP contribution in [0.1, 0.15) is 25.8 Å². The summed E-state index contributed by atoms with van der Waals surface area (Å²) >= 11 is 0. The molecule has 1 amide bonds. The molecule has 0 N–H and O–H groups in total. The quantitative estimate of drug-likeness (QED) is 0.594. The Hall–Kier alpha value is -1.84. The number of hydrogen-bond acceptors (Lipinski definition) is 3. The van der Waals surface area contributed by atoms with E-state index in [1.54, 1.807) is 6.92 Å². The van der Waals surface area contributed by atoms with Crippen molar-refractivity contribution in [3.05, 3.63) is 35.9 Å². The Balaban J connectivity index is 2.25. The molecule has 0 saturated carbocycles. The number of hydrogen-bond donors (Lipinski definition) is 0. The van der Waals surface area contributed by atoms with Gasteiger partial charge in [-0.2, -0.15) is 0 Å². The lowest BCUT2D eigenvalue weighted by Gasteiger charge is -2.28. The lowest BCUT2D eigenvalue weighted by atomic mass is 9.97. The Bertz CT molecular complexity index is 443. The minimum absolute atomic E-state index is 0.399. The molecule has 17 heavy (non-hydrogen) atoms. The number of carbonyl (C=O) groups is 2. The number of nitrogens with zero attached hydrogens (tertiary/aromatic N) is 1. The fourth-order valence-corrected chi connectivity index (χ4v) is 1.90. The first-order chi connectivity index (χ1) is 8.08. The third-order valence-electron chi connectivity index (χ3n) is 3.31. The second-order valence-corrected chi connectivity index (χ2v) is 4.35. The van der Waals surface area contributed by atoms with E-state index in [-0.39, 0.29) is 0 Å². The zero-order valence-electron chi connectivity index (χ0n) is 9.97. The van der Waals surface area contributed by atoms with Gasteiger partial charge in [-0.1, -0.05) is 37.3 Å². The summed E-state index contributed by atoms with van der Waals surface area (Å²) in [6, 6.07) is 9.57. The molecule has 0 aromatic heterocycles. The van der Waals surface area contributed by atoms with Gasteiger partial charge in [0.2, 0.25) is 0 Å². The highest BCUT2D eigenvalue weighted by Gasteiger charge is 2.50. The van der Waals surface area contributed by atoms with Crippen LogP contribution in [0, 0.1) is 0 Å². The molecule has 1 atom stereocenters. The van der Waals surface area contributed by atoms with Crippen LogP contribution in [0.15, 0.2) is 30.3 Å². The van der Waals surface area contributed by atoms with Gasteiger partial charge in [-0.25, -0.2) is 9.59 Å². The maximum absolute atomic E-state index is 11.7. The van der Waals surface area contributed by atoms with Gasteiger partial charge in [0.05, 0.1) is 6.54 Å². The number of ether oxygens (including phenoxy) is 1. The molecule has 90 valence electrons. The summed E-state index contributed by atoms with van der Waals surface area (Å²) in [6.45, 7) is 4.01. The summed E-state index contributed by atoms with van der Waals surface area (Å²) < 4.78 is 4.70. The third-order valence-corrected chi connectivity index (χ3v) is 3.31. The lowest BCUT2D eigenvalue weighted by Crippen LogP contribution is -2.45. The van der Waals surface area contributed by atoms with Crippen molar-refractivity contribution in [2.24, 2.45) is 0 Å². The monoisotopic (exact) mass is 233 g/mol. The molecule has 1 aliphatic rings. The number of cyclic esters (lactones) is 2. The van der Waals surface area contributed by atoms with Crippen molar-refractivity contribution in [3.8, 4) is 0 Å². The van der Waals surface area contributed by atoms with E-state index in [9.17, 15) is 9.59 Å². The molecule has 1 aromatic carbocycles. The molecule has 0 spiro atoms. The van der Waals surface area contributed by atoms with Crippen molar-refractivity contribution in [3.63, 3.8) is 0 Å². The molecule has 0 aliphatic carbocycles. The molecule has 2 rings (SSSR count). The fraction of sp³-hybridized carbons (Fsp3) is 0.385. The Labute approximate surface area is 100 Å². The molecule has 1 heterocycles. The molecule has 4 heteroatoms. The average molecular weight is 233 g/mol. The highest BCUT2D eigenvalue weighted by atomic mass is 16.6. The zero-order chi connectivity index (χ0) is 12.5. The standard InChI is InChI=1S/C13H15NO3/c1-3-13(2)11(15)17-12(16)14(13)9-10-7-5-4-6-8-10/h4-8H,3,9H2,1-2H3/t13-/m0/s1. The molecule has 1 aliphatic heterocycles. The second-order valence-electron chi connectivity index (χ2n) is 4.35. The van der Waals surface area contributed by atoms with E-state index in [4.69, 9.17) is 4.74 Å². The van der Waals surface area contributed by atoms with Crippen LogP contribution in [-0.4, -0.2) is 22.5 Å². The van der Waals surface area contributed by atoms with Gasteiger partial charge in [-0.15, -0.1) is 0 Å². The van der Waals surface area contributed by atoms with Crippen molar-refractivity contribution in [1.82, 2.24) is 4.90 Å². The predicted molar refractivity (Wildman–Crippen MR) is 62.2 cm³/mol. The summed E-state index contributed by atoms with van der Waals surface area (Å²) in [7, 11) is 0. The highest BCUT2D eigenvalue weighted by Crippen LogP contribution is 2.30. The Morgan fingerprint density at radius 3 is 2.47 bits per heavy atom. The lowest BCUT2D eigenvalue weighted by molar-refractivity contribution is -0.140. The van der Waals surface area contributed by atoms with Crippen molar-refractivity contribution < 1.29 is 14.3 Å². The van der Waals surface area contributed by atoms with Gasteiger partial charge >= 0.3 is 12.1 Å². The number of esters is 1. The average Bonchev–Trinajstić information content (AvgIpc) is 2.55. The molecular formula is C13H15NO3. The molecule has 0 bridgehead atoms. The topological polar surface area (TPSA) is 46.6 Å². The van der Waals surface area contributed by atoms with Crippen LogP contribution >= 0.6 is 0 Å². The van der Waals surface area contributed by atoms with Gasteiger partial charge < -0.3 is 4.74 Å². The van der Waals surface area contributed by atoms with Gasteiger partial charge in [0.15, 0.2) is 0 Å². The number of rotatable bonds is 3. The largest absolute Gasteiger partial charge is 0.418 e. The Morgan fingerprint density at radius 1 is 1.24 bits per heavy atom. The van der Waals surface area contributed by atoms with Gasteiger partial charge in [-0.05, 0) is 18.9 Å². The molecule has 1 fully saturated rings. The van der Waals surface area contributed by atoms with E-state index in [1.807, 2.05) is 37.3 Å². The predicted octanol–water partition coefficient (Wildman–Crippen LogP) is 2.33. The second kappa shape index (κ2) is 4.20. The molecule has 0 radical (unpaired) electrons. The summed E-state index contributed by atoms with van der Waals surface area (Å²) in [5.41, 5.74) is 0.145. The van der Waals surface area contributed by atoms with E-state index < -0.39 is 17.6 Å². The number of amides is 1. The van der Waals surface area contributed by atoms with Gasteiger partial charge in [0, 0.05) is 0 Å². The van der Waals surface area contributed by atoms with Crippen LogP contribution in [0.2, 0.25) is 0 Å². The van der Waals surface area contributed by atoms with Crippen LogP contribution < -0.4 is 0 Å². The molecule has 1 aromatic rings. The minimum Gasteiger partial charge on any atom is -0.374 e. The smallest absolute Gasteiger partial charge is 0.374 e. The minimum atomic E-state index is -0.840. The Morgan fingerprint density at radius 2 is 1.88 bits per heavy atom. The van der Waals surface area contributed by atoms with Gasteiger partial charge in [-0.3, -0.25) is 4.90 Å². The van der Waals surface area contributed by atoms with Gasteiger partial charge in [0.25, 0.3) is 0 Å². The SMILES string of the molecule is CC[C@@]1(C)C(=O)OC(=O)N1Cc1ccccc1. The Kier molecular flexibility index (Phi) is 2.88. The summed E-state index contributed by atoms with van der Waals surface area (Å²) in [6.07, 6.45) is -0.00655. The number of carbonyl (C=O) groups excluding carboxylic acids is 2. The molecule has 1 saturated heterocycles. The first kappa shape index (κ1) is 11.6. The van der Waals surface area contributed by atoms with Crippen LogP contribution in [0.4, 0.5) is 4.79 Å². The molecule has 4 nitrogen and oxygen atoms in total. The van der Waals surface area contributed by atoms with Crippen molar-refractivity contribution in [2.75, 3.05) is 0 Å². The fourth-order valence-electron chi connectivity index (χ4n) is 1.90. The van der Waals surface area contributed by atoms with Crippen LogP contribution in [-0.2, 0) is 16.1 Å². The van der Waals surface area contributed by atoms with Crippen molar-refractivity contribution in [1.29, 1.82) is 0 Å². The van der Waals surface area contributed by atoms with Crippen LogP contribution in [0.5, 0.6) is 0 Å². The first-order valence-electron chi connectivity index (χ1n) is 5.65. The van der Waals surface area contributed by atoms with Crippen LogP contribution in [0.3, 0.4) is 0 Å². The molecular weight excluding hydrogens is 218 g/mol. The van der Waals surface area contributed by atoms with E-state index >= 15 is 0 Å². The first-order valence-corrected chi connectivity index (χ1v) is 5.65. The van der Waals surface area contributed by atoms with Gasteiger partial charge in [0.1, 0.15) is 5.54 Å². The van der Waals surface area contributed by atoms with E-state index in [0.717, 1.165) is 5.56 Å². The molecule has 0 unspecified atom stereocenters.